The number of hydrogen-bond acceptors (Lipinski definition) is 3. The third-order valence-electron chi connectivity index (χ3n) is 3.20. The van der Waals surface area contributed by atoms with Crippen LogP contribution < -0.4 is 10.1 Å². The lowest BCUT2D eigenvalue weighted by molar-refractivity contribution is -0.149. The van der Waals surface area contributed by atoms with Crippen molar-refractivity contribution in [2.24, 2.45) is 0 Å². The van der Waals surface area contributed by atoms with Gasteiger partial charge in [-0.15, -0.1) is 0 Å². The van der Waals surface area contributed by atoms with Gasteiger partial charge in [0.1, 0.15) is 5.75 Å². The zero-order chi connectivity index (χ0) is 16.0. The van der Waals surface area contributed by atoms with E-state index in [4.69, 9.17) is 4.74 Å². The van der Waals surface area contributed by atoms with Crippen molar-refractivity contribution in [2.75, 3.05) is 13.7 Å². The number of nitrogens with zero attached hydrogens (tertiary/aromatic N) is 1. The number of ether oxygens (including phenoxy) is 1. The molecule has 0 aliphatic heterocycles. The lowest BCUT2D eigenvalue weighted by Gasteiger charge is -2.34. The molecule has 0 saturated carbocycles. The van der Waals surface area contributed by atoms with Crippen molar-refractivity contribution in [2.45, 2.75) is 39.8 Å². The summed E-state index contributed by atoms with van der Waals surface area (Å²) in [6.45, 7) is 8.32. The molecular weight excluding hydrogens is 268 g/mol. The lowest BCUT2D eigenvalue weighted by Crippen LogP contribution is -2.51. The van der Waals surface area contributed by atoms with Gasteiger partial charge in [-0.1, -0.05) is 18.2 Å². The van der Waals surface area contributed by atoms with Crippen molar-refractivity contribution in [1.82, 2.24) is 10.2 Å². The Labute approximate surface area is 126 Å². The summed E-state index contributed by atoms with van der Waals surface area (Å²) in [7, 11) is 1.57. The SMILES string of the molecule is CCN(C(=O)C(=O)NCc1ccccc1OC)C(C)(C)C. The van der Waals surface area contributed by atoms with Crippen LogP contribution in [0.1, 0.15) is 33.3 Å². The largest absolute Gasteiger partial charge is 0.496 e. The summed E-state index contributed by atoms with van der Waals surface area (Å²) < 4.78 is 5.21. The molecule has 5 heteroatoms. The highest BCUT2D eigenvalue weighted by Crippen LogP contribution is 2.17. The van der Waals surface area contributed by atoms with Gasteiger partial charge >= 0.3 is 11.8 Å². The fourth-order valence-electron chi connectivity index (χ4n) is 2.15. The van der Waals surface area contributed by atoms with Crippen LogP contribution in [0.5, 0.6) is 5.75 Å². The number of methoxy groups -OCH3 is 1. The smallest absolute Gasteiger partial charge is 0.312 e. The number of rotatable bonds is 4. The number of para-hydroxylation sites is 1. The molecule has 116 valence electrons. The highest BCUT2D eigenvalue weighted by atomic mass is 16.5. The zero-order valence-electron chi connectivity index (χ0n) is 13.4. The summed E-state index contributed by atoms with van der Waals surface area (Å²) in [4.78, 5) is 25.7. The van der Waals surface area contributed by atoms with E-state index in [1.54, 1.807) is 12.0 Å². The third-order valence-corrected chi connectivity index (χ3v) is 3.20. The quantitative estimate of drug-likeness (QED) is 0.863. The third kappa shape index (κ3) is 4.48. The molecule has 0 heterocycles. The fourth-order valence-corrected chi connectivity index (χ4v) is 2.15. The van der Waals surface area contributed by atoms with Crippen LogP contribution in [0.25, 0.3) is 0 Å². The minimum Gasteiger partial charge on any atom is -0.496 e. The Morgan fingerprint density at radius 2 is 1.86 bits per heavy atom. The maximum atomic E-state index is 12.2. The van der Waals surface area contributed by atoms with Gasteiger partial charge in [0.2, 0.25) is 0 Å². The van der Waals surface area contributed by atoms with E-state index in [0.29, 0.717) is 12.3 Å². The van der Waals surface area contributed by atoms with Crippen LogP contribution in [0.3, 0.4) is 0 Å². The van der Waals surface area contributed by atoms with Gasteiger partial charge in [0.05, 0.1) is 7.11 Å². The molecule has 0 bridgehead atoms. The molecule has 5 nitrogen and oxygen atoms in total. The first-order valence-corrected chi connectivity index (χ1v) is 7.03. The van der Waals surface area contributed by atoms with Crippen LogP contribution in [-0.2, 0) is 16.1 Å². The van der Waals surface area contributed by atoms with E-state index in [-0.39, 0.29) is 12.1 Å². The molecule has 0 aliphatic carbocycles. The highest BCUT2D eigenvalue weighted by Gasteiger charge is 2.29. The number of carbonyl (C=O) groups excluding carboxylic acids is 2. The Kier molecular flexibility index (Phi) is 5.76. The standard InChI is InChI=1S/C16H24N2O3/c1-6-18(16(2,3)4)15(20)14(19)17-11-12-9-7-8-10-13(12)21-5/h7-10H,6,11H2,1-5H3,(H,17,19). The molecule has 0 aromatic heterocycles. The second kappa shape index (κ2) is 7.11. The fraction of sp³-hybridized carbons (Fsp3) is 0.500. The van der Waals surface area contributed by atoms with Crippen molar-refractivity contribution < 1.29 is 14.3 Å². The predicted molar refractivity (Wildman–Crippen MR) is 82.0 cm³/mol. The zero-order valence-corrected chi connectivity index (χ0v) is 13.4. The molecular formula is C16H24N2O3. The second-order valence-electron chi connectivity index (χ2n) is 5.71. The summed E-state index contributed by atoms with van der Waals surface area (Å²) in [6, 6.07) is 7.38. The number of benzene rings is 1. The van der Waals surface area contributed by atoms with Crippen molar-refractivity contribution in [3.8, 4) is 5.75 Å². The van der Waals surface area contributed by atoms with Crippen molar-refractivity contribution in [3.63, 3.8) is 0 Å². The first-order chi connectivity index (χ1) is 9.81. The minimum atomic E-state index is -0.599. The summed E-state index contributed by atoms with van der Waals surface area (Å²) >= 11 is 0. The van der Waals surface area contributed by atoms with E-state index in [0.717, 1.165) is 5.56 Å². The molecule has 0 spiro atoms. The monoisotopic (exact) mass is 292 g/mol. The first-order valence-electron chi connectivity index (χ1n) is 7.03. The topological polar surface area (TPSA) is 58.6 Å². The van der Waals surface area contributed by atoms with Gasteiger partial charge in [-0.3, -0.25) is 9.59 Å². The molecule has 0 saturated heterocycles. The Bertz CT molecular complexity index is 506. The summed E-state index contributed by atoms with van der Waals surface area (Å²) in [6.07, 6.45) is 0. The lowest BCUT2D eigenvalue weighted by atomic mass is 10.1. The molecule has 1 N–H and O–H groups in total. The number of carbonyl (C=O) groups is 2. The Hall–Kier alpha value is -2.04. The molecule has 0 atom stereocenters. The van der Waals surface area contributed by atoms with E-state index < -0.39 is 11.8 Å². The molecule has 1 aromatic rings. The van der Waals surface area contributed by atoms with Gasteiger partial charge in [0.25, 0.3) is 0 Å². The maximum absolute atomic E-state index is 12.2. The number of hydrogen-bond donors (Lipinski definition) is 1. The van der Waals surface area contributed by atoms with E-state index in [1.165, 1.54) is 0 Å². The van der Waals surface area contributed by atoms with Crippen LogP contribution in [0.15, 0.2) is 24.3 Å². The van der Waals surface area contributed by atoms with Gasteiger partial charge < -0.3 is 15.0 Å². The minimum absolute atomic E-state index is 0.260. The highest BCUT2D eigenvalue weighted by molar-refractivity contribution is 6.35. The van der Waals surface area contributed by atoms with Gasteiger partial charge in [-0.25, -0.2) is 0 Å². The summed E-state index contributed by atoms with van der Waals surface area (Å²) in [5, 5.41) is 2.65. The van der Waals surface area contributed by atoms with Gasteiger partial charge in [-0.05, 0) is 33.8 Å². The molecule has 0 aliphatic rings. The molecule has 21 heavy (non-hydrogen) atoms. The Morgan fingerprint density at radius 1 is 1.24 bits per heavy atom. The molecule has 0 unspecified atom stereocenters. The maximum Gasteiger partial charge on any atom is 0.312 e. The first kappa shape index (κ1) is 17.0. The van der Waals surface area contributed by atoms with Crippen molar-refractivity contribution in [3.05, 3.63) is 29.8 Å². The average molecular weight is 292 g/mol. The average Bonchev–Trinajstić information content (AvgIpc) is 2.44. The van der Waals surface area contributed by atoms with Crippen LogP contribution in [0.2, 0.25) is 0 Å². The van der Waals surface area contributed by atoms with Crippen LogP contribution in [-0.4, -0.2) is 35.9 Å². The van der Waals surface area contributed by atoms with Crippen LogP contribution in [0.4, 0.5) is 0 Å². The summed E-state index contributed by atoms with van der Waals surface area (Å²) in [5.74, 6) is -0.425. The van der Waals surface area contributed by atoms with E-state index in [1.807, 2.05) is 52.0 Å². The molecule has 1 rings (SSSR count). The summed E-state index contributed by atoms with van der Waals surface area (Å²) in [5.41, 5.74) is 0.452. The predicted octanol–water partition coefficient (Wildman–Crippen LogP) is 1.96. The van der Waals surface area contributed by atoms with Crippen LogP contribution in [0, 0.1) is 0 Å². The second-order valence-corrected chi connectivity index (χ2v) is 5.71. The number of amides is 2. The normalized spacial score (nSPS) is 10.9. The van der Waals surface area contributed by atoms with Gasteiger partial charge in [-0.2, -0.15) is 0 Å². The van der Waals surface area contributed by atoms with E-state index >= 15 is 0 Å². The number of nitrogens with one attached hydrogen (secondary N) is 1. The van der Waals surface area contributed by atoms with Crippen molar-refractivity contribution >= 4 is 11.8 Å². The molecule has 1 aromatic carbocycles. The number of likely N-dealkylation sites (N-methyl/N-ethyl adjacent to an activating group) is 1. The molecule has 0 fully saturated rings. The van der Waals surface area contributed by atoms with Gasteiger partial charge in [0, 0.05) is 24.2 Å². The van der Waals surface area contributed by atoms with Crippen LogP contribution >= 0.6 is 0 Å². The van der Waals surface area contributed by atoms with Gasteiger partial charge in [0.15, 0.2) is 0 Å². The van der Waals surface area contributed by atoms with Crippen molar-refractivity contribution in [1.29, 1.82) is 0 Å². The van der Waals surface area contributed by atoms with E-state index in [9.17, 15) is 9.59 Å². The Morgan fingerprint density at radius 3 is 2.38 bits per heavy atom. The Balaban J connectivity index is 2.71. The molecule has 2 amide bonds. The van der Waals surface area contributed by atoms with E-state index in [2.05, 4.69) is 5.32 Å². The molecule has 0 radical (unpaired) electrons.